The first-order valence-corrected chi connectivity index (χ1v) is 10.6. The van der Waals surface area contributed by atoms with Crippen molar-refractivity contribution in [3.8, 4) is 5.75 Å². The zero-order valence-electron chi connectivity index (χ0n) is 18.5. The van der Waals surface area contributed by atoms with Crippen LogP contribution in [0.2, 0.25) is 0 Å². The number of ether oxygens (including phenoxy) is 1. The summed E-state index contributed by atoms with van der Waals surface area (Å²) in [5.74, 6) is -0.0917. The van der Waals surface area contributed by atoms with Gasteiger partial charge in [-0.3, -0.25) is 19.7 Å². The molecule has 1 aliphatic rings. The van der Waals surface area contributed by atoms with Crippen LogP contribution in [0.15, 0.2) is 42.5 Å². The number of carbonyl (C=O) groups is 2. The molecule has 32 heavy (non-hydrogen) atoms. The Morgan fingerprint density at radius 1 is 1.22 bits per heavy atom. The fraction of sp³-hybridized carbons (Fsp3) is 0.391. The number of carbonyl (C=O) groups excluding carboxylic acids is 2. The van der Waals surface area contributed by atoms with Gasteiger partial charge in [0.15, 0.2) is 6.61 Å². The van der Waals surface area contributed by atoms with Crippen LogP contribution in [0.4, 0.5) is 11.4 Å². The van der Waals surface area contributed by atoms with E-state index < -0.39 is 16.9 Å². The zero-order chi connectivity index (χ0) is 23.3. The molecule has 0 aromatic heterocycles. The third-order valence-electron chi connectivity index (χ3n) is 5.25. The van der Waals surface area contributed by atoms with E-state index in [1.807, 2.05) is 19.1 Å². The topological polar surface area (TPSA) is 114 Å². The molecule has 2 aromatic rings. The lowest BCUT2D eigenvalue weighted by molar-refractivity contribution is -0.384. The number of rotatable bonds is 10. The van der Waals surface area contributed by atoms with Crippen LogP contribution < -0.4 is 15.4 Å². The summed E-state index contributed by atoms with van der Waals surface area (Å²) in [6.07, 6.45) is 2.54. The molecule has 0 aliphatic heterocycles. The largest absolute Gasteiger partial charge is 0.483 e. The highest BCUT2D eigenvalue weighted by atomic mass is 16.6. The maximum Gasteiger partial charge on any atom is 0.293 e. The highest BCUT2D eigenvalue weighted by Gasteiger charge is 2.26. The second-order valence-electron chi connectivity index (χ2n) is 7.96. The van der Waals surface area contributed by atoms with Crippen molar-refractivity contribution in [1.29, 1.82) is 0 Å². The van der Waals surface area contributed by atoms with Crippen molar-refractivity contribution in [2.75, 3.05) is 26.0 Å². The average molecular weight is 441 g/mol. The second kappa shape index (κ2) is 10.1. The fourth-order valence-electron chi connectivity index (χ4n) is 3.20. The van der Waals surface area contributed by atoms with Crippen molar-refractivity contribution < 1.29 is 19.2 Å². The number of nitrogens with one attached hydrogen (secondary N) is 2. The number of benzene rings is 2. The van der Waals surface area contributed by atoms with Gasteiger partial charge in [0.2, 0.25) is 0 Å². The number of para-hydroxylation sites is 1. The molecular formula is C23H28N4O5. The van der Waals surface area contributed by atoms with Gasteiger partial charge in [-0.25, -0.2) is 0 Å². The Hall–Kier alpha value is -3.62. The molecule has 1 fully saturated rings. The van der Waals surface area contributed by atoms with Crippen LogP contribution in [0.3, 0.4) is 0 Å². The molecule has 0 radical (unpaired) electrons. The Morgan fingerprint density at radius 2 is 1.94 bits per heavy atom. The molecule has 1 unspecified atom stereocenters. The van der Waals surface area contributed by atoms with Crippen molar-refractivity contribution in [2.45, 2.75) is 38.3 Å². The van der Waals surface area contributed by atoms with E-state index >= 15 is 0 Å². The lowest BCUT2D eigenvalue weighted by Crippen LogP contribution is -2.30. The quantitative estimate of drug-likeness (QED) is 0.432. The maximum atomic E-state index is 12.9. The minimum Gasteiger partial charge on any atom is -0.483 e. The van der Waals surface area contributed by atoms with E-state index in [1.165, 1.54) is 11.0 Å². The zero-order valence-corrected chi connectivity index (χ0v) is 18.5. The summed E-state index contributed by atoms with van der Waals surface area (Å²) in [7, 11) is 3.30. The number of hydrogen-bond acceptors (Lipinski definition) is 6. The smallest absolute Gasteiger partial charge is 0.293 e. The Bertz CT molecular complexity index is 1000. The summed E-state index contributed by atoms with van der Waals surface area (Å²) in [5.41, 5.74) is 1.24. The first kappa shape index (κ1) is 23.1. The third kappa shape index (κ3) is 5.75. The van der Waals surface area contributed by atoms with E-state index in [9.17, 15) is 19.7 Å². The van der Waals surface area contributed by atoms with Crippen LogP contribution in [-0.4, -0.2) is 48.4 Å². The minimum absolute atomic E-state index is 0.115. The normalized spacial score (nSPS) is 13.7. The van der Waals surface area contributed by atoms with Gasteiger partial charge in [0.1, 0.15) is 11.4 Å². The van der Waals surface area contributed by atoms with Gasteiger partial charge in [0.05, 0.1) is 11.0 Å². The molecule has 2 aromatic carbocycles. The van der Waals surface area contributed by atoms with Crippen molar-refractivity contribution in [2.24, 2.45) is 0 Å². The molecule has 1 saturated carbocycles. The monoisotopic (exact) mass is 440 g/mol. The Labute approximate surface area is 186 Å². The van der Waals surface area contributed by atoms with Crippen LogP contribution in [0, 0.1) is 10.1 Å². The highest BCUT2D eigenvalue weighted by molar-refractivity contribution is 5.96. The van der Waals surface area contributed by atoms with Gasteiger partial charge in [-0.05, 0) is 37.5 Å². The predicted octanol–water partition coefficient (Wildman–Crippen LogP) is 3.52. The number of nitro benzene ring substituents is 1. The molecule has 0 saturated heterocycles. The average Bonchev–Trinajstić information content (AvgIpc) is 3.60. The van der Waals surface area contributed by atoms with E-state index in [1.54, 1.807) is 38.4 Å². The van der Waals surface area contributed by atoms with Crippen molar-refractivity contribution in [1.82, 2.24) is 10.2 Å². The van der Waals surface area contributed by atoms with Crippen LogP contribution in [-0.2, 0) is 4.79 Å². The molecule has 9 nitrogen and oxygen atoms in total. The maximum absolute atomic E-state index is 12.9. The van der Waals surface area contributed by atoms with E-state index in [0.717, 1.165) is 18.4 Å². The molecule has 170 valence electrons. The van der Waals surface area contributed by atoms with Crippen LogP contribution in [0.25, 0.3) is 0 Å². The molecule has 2 N–H and O–H groups in total. The van der Waals surface area contributed by atoms with Crippen molar-refractivity contribution >= 4 is 23.2 Å². The molecular weight excluding hydrogens is 412 g/mol. The minimum atomic E-state index is -0.482. The SMILES string of the molecule is CCC(NC(=O)c1ccc(NC2CC2)c([N+](=O)[O-])c1)c1ccccc1OCC(=O)N(C)C. The van der Waals surface area contributed by atoms with Gasteiger partial charge < -0.3 is 20.3 Å². The molecule has 0 heterocycles. The Morgan fingerprint density at radius 3 is 2.56 bits per heavy atom. The second-order valence-corrected chi connectivity index (χ2v) is 7.96. The summed E-state index contributed by atoms with van der Waals surface area (Å²) >= 11 is 0. The Kier molecular flexibility index (Phi) is 7.29. The first-order valence-electron chi connectivity index (χ1n) is 10.6. The van der Waals surface area contributed by atoms with Crippen LogP contribution >= 0.6 is 0 Å². The van der Waals surface area contributed by atoms with Crippen LogP contribution in [0.5, 0.6) is 5.75 Å². The van der Waals surface area contributed by atoms with Gasteiger partial charge in [-0.15, -0.1) is 0 Å². The summed E-state index contributed by atoms with van der Waals surface area (Å²) in [6, 6.07) is 11.5. The predicted molar refractivity (Wildman–Crippen MR) is 121 cm³/mol. The lowest BCUT2D eigenvalue weighted by atomic mass is 10.0. The van der Waals surface area contributed by atoms with E-state index in [4.69, 9.17) is 4.74 Å². The number of hydrogen-bond donors (Lipinski definition) is 2. The fourth-order valence-corrected chi connectivity index (χ4v) is 3.20. The van der Waals surface area contributed by atoms with Crippen molar-refractivity contribution in [3.05, 3.63) is 63.7 Å². The van der Waals surface area contributed by atoms with Crippen LogP contribution in [0.1, 0.15) is 48.1 Å². The Balaban J connectivity index is 1.77. The summed E-state index contributed by atoms with van der Waals surface area (Å²) < 4.78 is 5.70. The number of nitrogens with zero attached hydrogens (tertiary/aromatic N) is 2. The summed E-state index contributed by atoms with van der Waals surface area (Å²) in [5, 5.41) is 17.6. The number of amides is 2. The van der Waals surface area contributed by atoms with Gasteiger partial charge in [-0.1, -0.05) is 25.1 Å². The molecule has 3 rings (SSSR count). The molecule has 1 atom stereocenters. The van der Waals surface area contributed by atoms with Gasteiger partial charge in [-0.2, -0.15) is 0 Å². The van der Waals surface area contributed by atoms with Gasteiger partial charge in [0.25, 0.3) is 17.5 Å². The molecule has 0 spiro atoms. The molecule has 0 bridgehead atoms. The molecule has 9 heteroatoms. The van der Waals surface area contributed by atoms with E-state index in [-0.39, 0.29) is 29.8 Å². The molecule has 2 amide bonds. The number of nitro groups is 1. The lowest BCUT2D eigenvalue weighted by Gasteiger charge is -2.21. The first-order chi connectivity index (χ1) is 15.3. The standard InChI is InChI=1S/C23H28N4O5/c1-4-18(17-7-5-6-8-21(17)32-14-22(28)26(2)3)25-23(29)15-9-12-19(24-16-10-11-16)20(13-15)27(30)31/h5-9,12-13,16,18,24H,4,10-11,14H2,1-3H3,(H,25,29). The molecule has 1 aliphatic carbocycles. The van der Waals surface area contributed by atoms with E-state index in [2.05, 4.69) is 10.6 Å². The summed E-state index contributed by atoms with van der Waals surface area (Å²) in [6.45, 7) is 1.80. The number of anilines is 1. The third-order valence-corrected chi connectivity index (χ3v) is 5.25. The van der Waals surface area contributed by atoms with Gasteiger partial charge >= 0.3 is 0 Å². The summed E-state index contributed by atoms with van der Waals surface area (Å²) in [4.78, 5) is 37.3. The number of likely N-dealkylation sites (N-methyl/N-ethyl adjacent to an activating group) is 1. The van der Waals surface area contributed by atoms with E-state index in [0.29, 0.717) is 17.9 Å². The van der Waals surface area contributed by atoms with Gasteiger partial charge in [0, 0.05) is 37.3 Å². The van der Waals surface area contributed by atoms with Crippen molar-refractivity contribution in [3.63, 3.8) is 0 Å². The highest BCUT2D eigenvalue weighted by Crippen LogP contribution is 2.32.